The van der Waals surface area contributed by atoms with Crippen LogP contribution in [0.1, 0.15) is 29.5 Å². The van der Waals surface area contributed by atoms with Crippen LogP contribution in [0.25, 0.3) is 0 Å². The lowest BCUT2D eigenvalue weighted by Gasteiger charge is -2.34. The quantitative estimate of drug-likeness (QED) is 0.415. The number of hydrogen-bond acceptors (Lipinski definition) is 5. The Hall–Kier alpha value is -2.96. The van der Waals surface area contributed by atoms with Gasteiger partial charge in [-0.15, -0.1) is 0 Å². The van der Waals surface area contributed by atoms with E-state index in [1.165, 1.54) is 11.3 Å². The number of para-hydroxylation sites is 1. The van der Waals surface area contributed by atoms with E-state index in [9.17, 15) is 9.90 Å². The summed E-state index contributed by atoms with van der Waals surface area (Å²) in [5, 5.41) is 13.2. The molecule has 1 unspecified atom stereocenters. The highest BCUT2D eigenvalue weighted by Gasteiger charge is 2.24. The second-order valence-corrected chi connectivity index (χ2v) is 9.99. The Morgan fingerprint density at radius 1 is 1.00 bits per heavy atom. The van der Waals surface area contributed by atoms with Crippen LogP contribution in [0.4, 0.5) is 17.1 Å². The third kappa shape index (κ3) is 4.45. The van der Waals surface area contributed by atoms with Crippen molar-refractivity contribution >= 4 is 34.8 Å². The maximum atomic E-state index is 11.8. The lowest BCUT2D eigenvalue weighted by atomic mass is 9.87. The number of carboxylic acids is 1. The van der Waals surface area contributed by atoms with Crippen molar-refractivity contribution in [3.8, 4) is 0 Å². The first kappa shape index (κ1) is 21.9. The van der Waals surface area contributed by atoms with Crippen LogP contribution < -0.4 is 10.2 Å². The normalized spacial score (nSPS) is 16.5. The second-order valence-electron chi connectivity index (χ2n) is 8.90. The summed E-state index contributed by atoms with van der Waals surface area (Å²) in [5.41, 5.74) is 6.35. The van der Waals surface area contributed by atoms with E-state index in [0.29, 0.717) is 0 Å². The van der Waals surface area contributed by atoms with E-state index in [4.69, 9.17) is 0 Å². The van der Waals surface area contributed by atoms with Gasteiger partial charge in [-0.25, -0.2) is 0 Å². The van der Waals surface area contributed by atoms with Crippen LogP contribution >= 0.6 is 11.8 Å². The van der Waals surface area contributed by atoms with Crippen LogP contribution in [0, 0.1) is 0 Å². The zero-order chi connectivity index (χ0) is 22.9. The molecule has 0 amide bonds. The van der Waals surface area contributed by atoms with Crippen LogP contribution in [-0.2, 0) is 11.2 Å². The number of likely N-dealkylation sites (N-methyl/N-ethyl adjacent to an activating group) is 1. The van der Waals surface area contributed by atoms with Crippen molar-refractivity contribution in [2.75, 3.05) is 43.4 Å². The summed E-state index contributed by atoms with van der Waals surface area (Å²) in [5.74, 6) is -0.719. The number of piperazine rings is 1. The SMILES string of the molecule is CC(c1ccc(N2CCN(C)CC2)cc1)c1ccc2c(c1CC(=O)O)Nc1ccccc1S2. The van der Waals surface area contributed by atoms with Crippen molar-refractivity contribution in [1.82, 2.24) is 4.90 Å². The molecule has 3 aromatic carbocycles. The first-order chi connectivity index (χ1) is 16.0. The molecule has 1 fully saturated rings. The summed E-state index contributed by atoms with van der Waals surface area (Å²) in [6.07, 6.45) is -0.00203. The molecule has 2 aliphatic rings. The van der Waals surface area contributed by atoms with E-state index in [0.717, 1.165) is 58.5 Å². The topological polar surface area (TPSA) is 55.8 Å². The van der Waals surface area contributed by atoms with Crippen molar-refractivity contribution in [1.29, 1.82) is 0 Å². The van der Waals surface area contributed by atoms with Crippen LogP contribution in [0.2, 0.25) is 0 Å². The number of carboxylic acid groups (broad SMARTS) is 1. The third-order valence-electron chi connectivity index (χ3n) is 6.73. The average Bonchev–Trinajstić information content (AvgIpc) is 2.83. The fraction of sp³-hybridized carbons (Fsp3) is 0.296. The lowest BCUT2D eigenvalue weighted by molar-refractivity contribution is -0.136. The summed E-state index contributed by atoms with van der Waals surface area (Å²) in [4.78, 5) is 18.8. The Morgan fingerprint density at radius 2 is 1.73 bits per heavy atom. The number of anilines is 3. The first-order valence-electron chi connectivity index (χ1n) is 11.4. The molecule has 5 nitrogen and oxygen atoms in total. The van der Waals surface area contributed by atoms with Crippen LogP contribution in [-0.4, -0.2) is 49.2 Å². The summed E-state index contributed by atoms with van der Waals surface area (Å²) in [7, 11) is 2.17. The minimum absolute atomic E-state index is 0.00203. The predicted molar refractivity (Wildman–Crippen MR) is 135 cm³/mol. The first-order valence-corrected chi connectivity index (χ1v) is 12.3. The second kappa shape index (κ2) is 9.12. The number of hydrogen-bond donors (Lipinski definition) is 2. The molecule has 1 saturated heterocycles. The maximum absolute atomic E-state index is 11.8. The molecular weight excluding hydrogens is 430 g/mol. The van der Waals surface area contributed by atoms with Crippen molar-refractivity contribution in [2.24, 2.45) is 0 Å². The highest BCUT2D eigenvalue weighted by atomic mass is 32.2. The van der Waals surface area contributed by atoms with Gasteiger partial charge < -0.3 is 20.2 Å². The maximum Gasteiger partial charge on any atom is 0.307 e. The van der Waals surface area contributed by atoms with Crippen LogP contribution in [0.5, 0.6) is 0 Å². The molecule has 6 heteroatoms. The van der Waals surface area contributed by atoms with Gasteiger partial charge >= 0.3 is 5.97 Å². The summed E-state index contributed by atoms with van der Waals surface area (Å²) in [6.45, 7) is 6.43. The largest absolute Gasteiger partial charge is 0.481 e. The van der Waals surface area contributed by atoms with Gasteiger partial charge in [0.05, 0.1) is 17.8 Å². The van der Waals surface area contributed by atoms with Crippen molar-refractivity contribution in [2.45, 2.75) is 29.1 Å². The molecule has 33 heavy (non-hydrogen) atoms. The molecule has 0 radical (unpaired) electrons. The van der Waals surface area contributed by atoms with Gasteiger partial charge in [0.2, 0.25) is 0 Å². The molecule has 0 saturated carbocycles. The monoisotopic (exact) mass is 459 g/mol. The number of carbonyl (C=O) groups is 1. The Balaban J connectivity index is 1.45. The van der Waals surface area contributed by atoms with Crippen molar-refractivity contribution in [3.05, 3.63) is 77.4 Å². The highest BCUT2D eigenvalue weighted by Crippen LogP contribution is 2.47. The molecule has 2 N–H and O–H groups in total. The Morgan fingerprint density at radius 3 is 2.45 bits per heavy atom. The van der Waals surface area contributed by atoms with Gasteiger partial charge in [-0.05, 0) is 54.1 Å². The molecule has 2 heterocycles. The minimum atomic E-state index is -0.812. The number of benzene rings is 3. The Bertz CT molecular complexity index is 1170. The van der Waals surface area contributed by atoms with E-state index in [2.05, 4.69) is 71.6 Å². The number of nitrogens with one attached hydrogen (secondary N) is 1. The molecular formula is C27H29N3O2S. The Labute approximate surface area is 199 Å². The highest BCUT2D eigenvalue weighted by molar-refractivity contribution is 7.99. The van der Waals surface area contributed by atoms with Gasteiger partial charge in [-0.1, -0.05) is 49.0 Å². The standard InChI is InChI=1S/C27H29N3O2S/c1-18(19-7-9-20(10-8-19)30-15-13-29(2)14-16-30)21-11-12-25-27(22(21)17-26(31)32)28-23-5-3-4-6-24(23)33-25/h3-12,18,28H,13-17H2,1-2H3,(H,31,32). The molecule has 0 aromatic heterocycles. The van der Waals surface area contributed by atoms with Gasteiger partial charge in [-0.2, -0.15) is 0 Å². The summed E-state index contributed by atoms with van der Waals surface area (Å²) < 4.78 is 0. The number of fused-ring (bicyclic) bond motifs is 2. The third-order valence-corrected chi connectivity index (χ3v) is 7.87. The summed E-state index contributed by atoms with van der Waals surface area (Å²) >= 11 is 1.69. The molecule has 170 valence electrons. The van der Waals surface area contributed by atoms with E-state index >= 15 is 0 Å². The molecule has 0 bridgehead atoms. The summed E-state index contributed by atoms with van der Waals surface area (Å²) in [6, 6.07) is 21.2. The van der Waals surface area contributed by atoms with Gasteiger partial charge in [0, 0.05) is 47.6 Å². The zero-order valence-corrected chi connectivity index (χ0v) is 19.9. The van der Waals surface area contributed by atoms with Gasteiger partial charge in [0.15, 0.2) is 0 Å². The van der Waals surface area contributed by atoms with E-state index in [-0.39, 0.29) is 12.3 Å². The Kier molecular flexibility index (Phi) is 6.04. The molecule has 5 rings (SSSR count). The molecule has 2 aliphatic heterocycles. The van der Waals surface area contributed by atoms with Gasteiger partial charge in [0.25, 0.3) is 0 Å². The van der Waals surface area contributed by atoms with Gasteiger partial charge in [-0.3, -0.25) is 4.79 Å². The fourth-order valence-electron chi connectivity index (χ4n) is 4.74. The van der Waals surface area contributed by atoms with Crippen molar-refractivity contribution < 1.29 is 9.90 Å². The lowest BCUT2D eigenvalue weighted by Crippen LogP contribution is -2.44. The molecule has 0 aliphatic carbocycles. The predicted octanol–water partition coefficient (Wildman–Crippen LogP) is 5.43. The minimum Gasteiger partial charge on any atom is -0.481 e. The molecule has 1 atom stereocenters. The number of aliphatic carboxylic acids is 1. The van der Waals surface area contributed by atoms with Crippen LogP contribution in [0.15, 0.2) is 70.5 Å². The number of rotatable bonds is 5. The molecule has 3 aromatic rings. The smallest absolute Gasteiger partial charge is 0.307 e. The van der Waals surface area contributed by atoms with E-state index in [1.807, 2.05) is 18.2 Å². The van der Waals surface area contributed by atoms with E-state index < -0.39 is 5.97 Å². The molecule has 0 spiro atoms. The zero-order valence-electron chi connectivity index (χ0n) is 19.0. The number of nitrogens with zero attached hydrogens (tertiary/aromatic N) is 2. The van der Waals surface area contributed by atoms with E-state index in [1.54, 1.807) is 11.8 Å². The fourth-order valence-corrected chi connectivity index (χ4v) is 5.77. The van der Waals surface area contributed by atoms with Gasteiger partial charge in [0.1, 0.15) is 0 Å². The van der Waals surface area contributed by atoms with Crippen molar-refractivity contribution in [3.63, 3.8) is 0 Å². The van der Waals surface area contributed by atoms with Crippen LogP contribution in [0.3, 0.4) is 0 Å². The average molecular weight is 460 g/mol.